The van der Waals surface area contributed by atoms with Gasteiger partial charge in [0.25, 0.3) is 0 Å². The molecule has 0 aromatic heterocycles. The van der Waals surface area contributed by atoms with Crippen molar-refractivity contribution < 1.29 is 24.2 Å². The van der Waals surface area contributed by atoms with Crippen LogP contribution in [-0.2, 0) is 25.6 Å². The van der Waals surface area contributed by atoms with Gasteiger partial charge >= 0.3 is 11.9 Å². The van der Waals surface area contributed by atoms with E-state index in [1.165, 1.54) is 0 Å². The second-order valence-corrected chi connectivity index (χ2v) is 12.9. The molecule has 1 saturated heterocycles. The fourth-order valence-electron chi connectivity index (χ4n) is 8.87. The number of phenolic OH excluding ortho intramolecular Hbond substituents is 1. The van der Waals surface area contributed by atoms with Gasteiger partial charge in [-0.25, -0.2) is 9.59 Å². The summed E-state index contributed by atoms with van der Waals surface area (Å²) in [6.45, 7) is 4.98. The minimum atomic E-state index is -0.724. The first kappa shape index (κ1) is 28.8. The van der Waals surface area contributed by atoms with Gasteiger partial charge < -0.3 is 19.9 Å². The SMILES string of the molecule is CCCC=C1OC(=O)C2=C1CCC1C3CCC4(C(=CCCC)OC(=O)C4=C3c3cc(O)ccc3-c3cccc(CNC)c3)C21. The quantitative estimate of drug-likeness (QED) is 0.306. The van der Waals surface area contributed by atoms with Gasteiger partial charge in [-0.1, -0.05) is 51.0 Å². The van der Waals surface area contributed by atoms with Crippen molar-refractivity contribution in [3.8, 4) is 16.9 Å². The van der Waals surface area contributed by atoms with Gasteiger partial charge in [0.1, 0.15) is 17.3 Å². The molecule has 6 aliphatic rings. The van der Waals surface area contributed by atoms with Crippen LogP contribution in [0.2, 0.25) is 0 Å². The molecule has 0 amide bonds. The molecule has 2 aliphatic heterocycles. The van der Waals surface area contributed by atoms with E-state index in [-0.39, 0.29) is 35.4 Å². The summed E-state index contributed by atoms with van der Waals surface area (Å²) < 4.78 is 12.2. The van der Waals surface area contributed by atoms with Gasteiger partial charge in [0.2, 0.25) is 0 Å². The number of benzene rings is 2. The van der Waals surface area contributed by atoms with Crippen LogP contribution < -0.4 is 5.32 Å². The summed E-state index contributed by atoms with van der Waals surface area (Å²) in [6, 6.07) is 13.9. The fraction of sp³-hybridized carbons (Fsp3) is 0.421. The van der Waals surface area contributed by atoms with Crippen molar-refractivity contribution in [3.05, 3.63) is 94.0 Å². The second kappa shape index (κ2) is 11.2. The molecule has 8 rings (SSSR count). The van der Waals surface area contributed by atoms with Crippen LogP contribution in [0, 0.1) is 23.2 Å². The van der Waals surface area contributed by atoms with Crippen LogP contribution in [0.15, 0.2) is 82.9 Å². The Hall–Kier alpha value is -3.90. The molecule has 2 bridgehead atoms. The molecule has 2 N–H and O–H groups in total. The maximum Gasteiger partial charge on any atom is 0.340 e. The zero-order valence-electron chi connectivity index (χ0n) is 25.9. The molecule has 1 spiro atoms. The van der Waals surface area contributed by atoms with E-state index in [2.05, 4.69) is 55.6 Å². The number of ether oxygens (including phenoxy) is 2. The maximum atomic E-state index is 14.1. The minimum Gasteiger partial charge on any atom is -0.508 e. The first-order valence-corrected chi connectivity index (χ1v) is 16.3. The van der Waals surface area contributed by atoms with E-state index >= 15 is 0 Å². The molecule has 6 nitrogen and oxygen atoms in total. The number of nitrogens with one attached hydrogen (secondary N) is 1. The van der Waals surface area contributed by atoms with Crippen molar-refractivity contribution in [3.63, 3.8) is 0 Å². The van der Waals surface area contributed by atoms with Crippen molar-refractivity contribution in [1.29, 1.82) is 0 Å². The van der Waals surface area contributed by atoms with Crippen molar-refractivity contribution in [2.75, 3.05) is 7.05 Å². The van der Waals surface area contributed by atoms with E-state index in [0.29, 0.717) is 11.3 Å². The summed E-state index contributed by atoms with van der Waals surface area (Å²) in [6.07, 6.45) is 11.1. The Morgan fingerprint density at radius 1 is 0.955 bits per heavy atom. The second-order valence-electron chi connectivity index (χ2n) is 12.9. The number of hydrogen-bond acceptors (Lipinski definition) is 6. The van der Waals surface area contributed by atoms with Crippen molar-refractivity contribution in [2.24, 2.45) is 23.2 Å². The third-order valence-electron chi connectivity index (χ3n) is 10.5. The number of aromatic hydroxyl groups is 1. The lowest BCUT2D eigenvalue weighted by Crippen LogP contribution is -2.52. The van der Waals surface area contributed by atoms with Crippen LogP contribution in [-0.4, -0.2) is 24.1 Å². The van der Waals surface area contributed by atoms with E-state index in [0.717, 1.165) is 103 Å². The van der Waals surface area contributed by atoms with Crippen LogP contribution in [0.3, 0.4) is 0 Å². The molecule has 228 valence electrons. The van der Waals surface area contributed by atoms with E-state index in [9.17, 15) is 14.7 Å². The Kier molecular flexibility index (Phi) is 7.36. The molecule has 2 fully saturated rings. The first-order valence-electron chi connectivity index (χ1n) is 16.3. The number of allylic oxidation sites excluding steroid dienone is 5. The summed E-state index contributed by atoms with van der Waals surface area (Å²) in [7, 11) is 1.93. The van der Waals surface area contributed by atoms with Crippen molar-refractivity contribution in [2.45, 2.75) is 71.8 Å². The smallest absolute Gasteiger partial charge is 0.340 e. The molecule has 0 radical (unpaired) electrons. The normalized spacial score (nSPS) is 28.8. The average Bonchev–Trinajstić information content (AvgIpc) is 3.52. The summed E-state index contributed by atoms with van der Waals surface area (Å²) in [5.74, 6) is 1.06. The Bertz CT molecular complexity index is 1680. The van der Waals surface area contributed by atoms with Crippen LogP contribution in [0.25, 0.3) is 16.7 Å². The third kappa shape index (κ3) is 4.25. The van der Waals surface area contributed by atoms with Gasteiger partial charge in [0.05, 0.1) is 11.0 Å². The largest absolute Gasteiger partial charge is 0.508 e. The number of unbranched alkanes of at least 4 members (excludes halogenated alkanes) is 2. The number of carbonyl (C=O) groups excluding carboxylic acids is 2. The standard InChI is InChI=1S/C38H41NO5/c1-4-6-11-30-28-16-15-27-26-17-18-38(34(27)33(28)36(41)43-30)31(12-7-5-2)44-37(42)35(38)32(26)29-20-24(40)13-14-25(29)23-10-8-9-22(19-23)21-39-3/h8-14,19-20,26-27,34,39-40H,4-7,15-18,21H2,1-3H3. The predicted octanol–water partition coefficient (Wildman–Crippen LogP) is 7.75. The highest BCUT2D eigenvalue weighted by atomic mass is 16.5. The summed E-state index contributed by atoms with van der Waals surface area (Å²) >= 11 is 0. The van der Waals surface area contributed by atoms with E-state index in [1.807, 2.05) is 19.2 Å². The van der Waals surface area contributed by atoms with Gasteiger partial charge in [-0.3, -0.25) is 0 Å². The summed E-state index contributed by atoms with van der Waals surface area (Å²) in [5, 5.41) is 14.1. The maximum absolute atomic E-state index is 14.1. The first-order chi connectivity index (χ1) is 21.4. The molecule has 4 atom stereocenters. The minimum absolute atomic E-state index is 0.0570. The molecular formula is C38H41NO5. The van der Waals surface area contributed by atoms with Crippen molar-refractivity contribution >= 4 is 17.5 Å². The summed E-state index contributed by atoms with van der Waals surface area (Å²) in [5.41, 5.74) is 6.82. The molecular weight excluding hydrogens is 550 g/mol. The number of cyclic esters (lactones) is 2. The number of carbonyl (C=O) groups is 2. The van der Waals surface area contributed by atoms with Gasteiger partial charge in [-0.15, -0.1) is 0 Å². The van der Waals surface area contributed by atoms with Crippen LogP contribution >= 0.6 is 0 Å². The Labute approximate surface area is 259 Å². The molecule has 4 unspecified atom stereocenters. The number of fused-ring (bicyclic) bond motifs is 1. The highest BCUT2D eigenvalue weighted by Crippen LogP contribution is 2.72. The van der Waals surface area contributed by atoms with E-state index in [1.54, 1.807) is 6.07 Å². The number of hydrogen-bond donors (Lipinski definition) is 2. The topological polar surface area (TPSA) is 84.9 Å². The highest BCUT2D eigenvalue weighted by Gasteiger charge is 2.68. The average molecular weight is 592 g/mol. The Balaban J connectivity index is 1.48. The zero-order chi connectivity index (χ0) is 30.6. The van der Waals surface area contributed by atoms with E-state index < -0.39 is 5.41 Å². The monoisotopic (exact) mass is 591 g/mol. The molecule has 2 heterocycles. The lowest BCUT2D eigenvalue weighted by molar-refractivity contribution is -0.135. The van der Waals surface area contributed by atoms with Gasteiger partial charge in [0.15, 0.2) is 0 Å². The molecule has 6 heteroatoms. The molecule has 2 aromatic carbocycles. The van der Waals surface area contributed by atoms with Crippen LogP contribution in [0.1, 0.15) is 76.3 Å². The number of phenols is 1. The fourth-order valence-corrected chi connectivity index (χ4v) is 8.87. The lowest BCUT2D eigenvalue weighted by Gasteiger charge is -2.56. The number of rotatable bonds is 8. The Morgan fingerprint density at radius 2 is 1.77 bits per heavy atom. The van der Waals surface area contributed by atoms with Crippen molar-refractivity contribution in [1.82, 2.24) is 5.32 Å². The highest BCUT2D eigenvalue weighted by molar-refractivity contribution is 6.07. The predicted molar refractivity (Wildman–Crippen MR) is 170 cm³/mol. The third-order valence-corrected chi connectivity index (χ3v) is 10.5. The number of esters is 2. The Morgan fingerprint density at radius 3 is 2.57 bits per heavy atom. The van der Waals surface area contributed by atoms with Gasteiger partial charge in [-0.2, -0.15) is 0 Å². The van der Waals surface area contributed by atoms with Crippen LogP contribution in [0.5, 0.6) is 5.75 Å². The summed E-state index contributed by atoms with van der Waals surface area (Å²) in [4.78, 5) is 27.8. The van der Waals surface area contributed by atoms with Gasteiger partial charge in [-0.05, 0) is 116 Å². The molecule has 4 aliphatic carbocycles. The van der Waals surface area contributed by atoms with Crippen LogP contribution in [0.4, 0.5) is 0 Å². The lowest BCUT2D eigenvalue weighted by atomic mass is 9.44. The molecule has 1 saturated carbocycles. The zero-order valence-corrected chi connectivity index (χ0v) is 25.9. The molecule has 2 aromatic rings. The molecule has 44 heavy (non-hydrogen) atoms. The van der Waals surface area contributed by atoms with E-state index in [4.69, 9.17) is 9.47 Å². The van der Waals surface area contributed by atoms with Gasteiger partial charge in [0, 0.05) is 23.6 Å².